The van der Waals surface area contributed by atoms with Crippen molar-refractivity contribution in [3.8, 4) is 5.69 Å². The number of nitrogens with zero attached hydrogens (tertiary/aromatic N) is 3. The SMILES string of the molecule is Cc1nc(C)n(-c2ccc(CO)c(C(F)(F)F)c2)n1. The molecule has 0 aliphatic heterocycles. The lowest BCUT2D eigenvalue weighted by molar-refractivity contribution is -0.138. The van der Waals surface area contributed by atoms with Gasteiger partial charge >= 0.3 is 6.18 Å². The van der Waals surface area contributed by atoms with Crippen molar-refractivity contribution < 1.29 is 18.3 Å². The first-order chi connectivity index (χ1) is 8.82. The summed E-state index contributed by atoms with van der Waals surface area (Å²) in [6.45, 7) is 2.66. The average molecular weight is 271 g/mol. The third-order valence-electron chi connectivity index (χ3n) is 2.69. The summed E-state index contributed by atoms with van der Waals surface area (Å²) in [5, 5.41) is 13.0. The summed E-state index contributed by atoms with van der Waals surface area (Å²) in [6.07, 6.45) is -4.52. The lowest BCUT2D eigenvalue weighted by Crippen LogP contribution is -2.11. The Morgan fingerprint density at radius 2 is 1.95 bits per heavy atom. The lowest BCUT2D eigenvalue weighted by Gasteiger charge is -2.13. The first kappa shape index (κ1) is 13.5. The van der Waals surface area contributed by atoms with Gasteiger partial charge in [0.1, 0.15) is 11.6 Å². The molecule has 102 valence electrons. The van der Waals surface area contributed by atoms with Crippen molar-refractivity contribution in [2.24, 2.45) is 0 Å². The van der Waals surface area contributed by atoms with E-state index >= 15 is 0 Å². The predicted molar refractivity (Wildman–Crippen MR) is 61.8 cm³/mol. The van der Waals surface area contributed by atoms with Crippen LogP contribution in [0.2, 0.25) is 0 Å². The molecular formula is C12H12F3N3O. The van der Waals surface area contributed by atoms with Gasteiger partial charge < -0.3 is 5.11 Å². The molecule has 1 aromatic heterocycles. The Morgan fingerprint density at radius 1 is 1.26 bits per heavy atom. The first-order valence-electron chi connectivity index (χ1n) is 5.54. The fourth-order valence-corrected chi connectivity index (χ4v) is 1.86. The van der Waals surface area contributed by atoms with Gasteiger partial charge in [0, 0.05) is 0 Å². The van der Waals surface area contributed by atoms with Crippen LogP contribution in [0.25, 0.3) is 5.69 Å². The molecule has 1 aromatic carbocycles. The van der Waals surface area contributed by atoms with Crippen molar-refractivity contribution >= 4 is 0 Å². The van der Waals surface area contributed by atoms with Crippen molar-refractivity contribution in [1.82, 2.24) is 14.8 Å². The highest BCUT2D eigenvalue weighted by Crippen LogP contribution is 2.33. The van der Waals surface area contributed by atoms with E-state index in [2.05, 4.69) is 10.1 Å². The van der Waals surface area contributed by atoms with Gasteiger partial charge in [0.05, 0.1) is 17.9 Å². The Balaban J connectivity index is 2.58. The van der Waals surface area contributed by atoms with Crippen LogP contribution in [-0.4, -0.2) is 19.9 Å². The summed E-state index contributed by atoms with van der Waals surface area (Å²) in [7, 11) is 0. The first-order valence-corrected chi connectivity index (χ1v) is 5.54. The molecule has 0 saturated heterocycles. The molecule has 0 amide bonds. The maximum atomic E-state index is 12.9. The zero-order valence-electron chi connectivity index (χ0n) is 10.4. The third-order valence-corrected chi connectivity index (χ3v) is 2.69. The van der Waals surface area contributed by atoms with Crippen LogP contribution in [0, 0.1) is 13.8 Å². The standard InChI is InChI=1S/C12H12F3N3O/c1-7-16-8(2)18(17-7)10-4-3-9(6-19)11(5-10)12(13,14)15/h3-5,19H,6H2,1-2H3. The second-order valence-electron chi connectivity index (χ2n) is 4.12. The van der Waals surface area contributed by atoms with Gasteiger partial charge in [-0.2, -0.15) is 18.3 Å². The number of aliphatic hydroxyl groups excluding tert-OH is 1. The molecule has 0 aliphatic rings. The summed E-state index contributed by atoms with van der Waals surface area (Å²) in [4.78, 5) is 4.04. The second-order valence-corrected chi connectivity index (χ2v) is 4.12. The number of hydrogen-bond acceptors (Lipinski definition) is 3. The number of halogens is 3. The minimum absolute atomic E-state index is 0.161. The van der Waals surface area contributed by atoms with E-state index in [1.54, 1.807) is 13.8 Å². The molecule has 0 spiro atoms. The van der Waals surface area contributed by atoms with Crippen molar-refractivity contribution in [3.05, 3.63) is 41.0 Å². The summed E-state index contributed by atoms with van der Waals surface area (Å²) < 4.78 is 40.0. The van der Waals surface area contributed by atoms with Crippen LogP contribution in [0.3, 0.4) is 0 Å². The van der Waals surface area contributed by atoms with Gasteiger partial charge in [-0.25, -0.2) is 9.67 Å². The summed E-state index contributed by atoms with van der Waals surface area (Å²) in [5.41, 5.74) is -0.756. The molecule has 7 heteroatoms. The van der Waals surface area contributed by atoms with E-state index in [0.717, 1.165) is 6.07 Å². The Kier molecular flexibility index (Phi) is 3.32. The molecule has 0 unspecified atom stereocenters. The minimum atomic E-state index is -4.52. The smallest absolute Gasteiger partial charge is 0.392 e. The number of hydrogen-bond donors (Lipinski definition) is 1. The highest BCUT2D eigenvalue weighted by molar-refractivity contribution is 5.42. The molecular weight excluding hydrogens is 259 g/mol. The Morgan fingerprint density at radius 3 is 2.42 bits per heavy atom. The van der Waals surface area contributed by atoms with Gasteiger partial charge in [0.25, 0.3) is 0 Å². The molecule has 2 rings (SSSR count). The van der Waals surface area contributed by atoms with Crippen molar-refractivity contribution in [3.63, 3.8) is 0 Å². The van der Waals surface area contributed by atoms with Crippen LogP contribution in [0.4, 0.5) is 13.2 Å². The molecule has 0 atom stereocenters. The monoisotopic (exact) mass is 271 g/mol. The Bertz CT molecular complexity index is 605. The molecule has 19 heavy (non-hydrogen) atoms. The molecule has 0 bridgehead atoms. The van der Waals surface area contributed by atoms with Crippen molar-refractivity contribution in [2.75, 3.05) is 0 Å². The molecule has 2 aromatic rings. The Labute approximate surface area is 107 Å². The number of aromatic nitrogens is 3. The van der Waals surface area contributed by atoms with Gasteiger partial charge in [-0.3, -0.25) is 0 Å². The Hall–Kier alpha value is -1.89. The molecule has 0 fully saturated rings. The number of aryl methyl sites for hydroxylation is 2. The minimum Gasteiger partial charge on any atom is -0.392 e. The summed E-state index contributed by atoms with van der Waals surface area (Å²) in [6, 6.07) is 3.68. The lowest BCUT2D eigenvalue weighted by atomic mass is 10.1. The highest BCUT2D eigenvalue weighted by atomic mass is 19.4. The maximum Gasteiger partial charge on any atom is 0.416 e. The molecule has 0 saturated carbocycles. The predicted octanol–water partition coefficient (Wildman–Crippen LogP) is 2.40. The molecule has 1 N–H and O–H groups in total. The summed E-state index contributed by atoms with van der Waals surface area (Å²) in [5.74, 6) is 0.986. The van der Waals surface area contributed by atoms with E-state index < -0.39 is 18.3 Å². The number of alkyl halides is 3. The van der Waals surface area contributed by atoms with E-state index in [1.807, 2.05) is 0 Å². The van der Waals surface area contributed by atoms with Crippen molar-refractivity contribution in [1.29, 1.82) is 0 Å². The molecule has 0 aliphatic carbocycles. The quantitative estimate of drug-likeness (QED) is 0.912. The average Bonchev–Trinajstić information content (AvgIpc) is 2.66. The third kappa shape index (κ3) is 2.60. The van der Waals surface area contributed by atoms with Gasteiger partial charge in [0.15, 0.2) is 0 Å². The fraction of sp³-hybridized carbons (Fsp3) is 0.333. The molecule has 0 radical (unpaired) electrons. The topological polar surface area (TPSA) is 50.9 Å². The zero-order chi connectivity index (χ0) is 14.2. The second kappa shape index (κ2) is 4.65. The van der Waals surface area contributed by atoms with E-state index in [0.29, 0.717) is 11.6 Å². The van der Waals surface area contributed by atoms with Crippen LogP contribution in [0.15, 0.2) is 18.2 Å². The van der Waals surface area contributed by atoms with Gasteiger partial charge in [-0.1, -0.05) is 6.07 Å². The van der Waals surface area contributed by atoms with Crippen LogP contribution in [-0.2, 0) is 12.8 Å². The van der Waals surface area contributed by atoms with Gasteiger partial charge in [-0.05, 0) is 31.5 Å². The van der Waals surface area contributed by atoms with Crippen LogP contribution < -0.4 is 0 Å². The van der Waals surface area contributed by atoms with E-state index in [-0.39, 0.29) is 11.3 Å². The van der Waals surface area contributed by atoms with Crippen LogP contribution in [0.5, 0.6) is 0 Å². The van der Waals surface area contributed by atoms with Crippen molar-refractivity contribution in [2.45, 2.75) is 26.6 Å². The number of benzene rings is 1. The highest BCUT2D eigenvalue weighted by Gasteiger charge is 2.33. The summed E-state index contributed by atoms with van der Waals surface area (Å²) >= 11 is 0. The number of rotatable bonds is 2. The van der Waals surface area contributed by atoms with E-state index in [1.165, 1.54) is 16.8 Å². The van der Waals surface area contributed by atoms with Crippen LogP contribution >= 0.6 is 0 Å². The van der Waals surface area contributed by atoms with E-state index in [4.69, 9.17) is 5.11 Å². The molecule has 1 heterocycles. The fourth-order valence-electron chi connectivity index (χ4n) is 1.86. The normalized spacial score (nSPS) is 11.9. The zero-order valence-corrected chi connectivity index (χ0v) is 10.4. The number of aliphatic hydroxyl groups is 1. The van der Waals surface area contributed by atoms with Gasteiger partial charge in [-0.15, -0.1) is 0 Å². The molecule has 4 nitrogen and oxygen atoms in total. The van der Waals surface area contributed by atoms with E-state index in [9.17, 15) is 13.2 Å². The van der Waals surface area contributed by atoms with Crippen LogP contribution in [0.1, 0.15) is 22.8 Å². The maximum absolute atomic E-state index is 12.9. The van der Waals surface area contributed by atoms with Gasteiger partial charge in [0.2, 0.25) is 0 Å². The largest absolute Gasteiger partial charge is 0.416 e.